The molecule has 1 aliphatic carbocycles. The van der Waals surface area contributed by atoms with Crippen molar-refractivity contribution in [2.45, 2.75) is 31.8 Å². The topological polar surface area (TPSA) is 36.9 Å². The Morgan fingerprint density at radius 1 is 1.44 bits per heavy atom. The molecule has 1 saturated carbocycles. The Bertz CT molecular complexity index is 229. The van der Waals surface area contributed by atoms with Gasteiger partial charge < -0.3 is 15.0 Å². The second-order valence-corrected chi connectivity index (χ2v) is 4.33. The van der Waals surface area contributed by atoms with E-state index < -0.39 is 0 Å². The van der Waals surface area contributed by atoms with E-state index in [0.29, 0.717) is 6.10 Å². The summed E-state index contributed by atoms with van der Waals surface area (Å²) in [6.45, 7) is 3.63. The van der Waals surface area contributed by atoms with Crippen LogP contribution in [0.3, 0.4) is 0 Å². The summed E-state index contributed by atoms with van der Waals surface area (Å²) in [6, 6.07) is 0. The lowest BCUT2D eigenvalue weighted by Crippen LogP contribution is -2.37. The largest absolute Gasteiger partial charge is 0.376 e. The van der Waals surface area contributed by atoms with Crippen LogP contribution in [-0.4, -0.2) is 50.3 Å². The number of hydrogen-bond donors (Lipinski definition) is 1. The standard InChI is InChI=1S/C11H21N3O.HI/c1-14-8-6-12-11(14)13-7-9-15-10-4-2-3-5-10;/h10H,2-9H2,1H3,(H,12,13);1H. The molecule has 0 unspecified atom stereocenters. The molecule has 0 radical (unpaired) electrons. The van der Waals surface area contributed by atoms with Crippen molar-refractivity contribution in [2.24, 2.45) is 4.99 Å². The molecule has 0 spiro atoms. The maximum atomic E-state index is 5.76. The molecule has 0 bridgehead atoms. The van der Waals surface area contributed by atoms with Crippen LogP contribution >= 0.6 is 24.0 Å². The molecule has 2 aliphatic rings. The lowest BCUT2D eigenvalue weighted by molar-refractivity contribution is 0.0620. The first kappa shape index (κ1) is 14.0. The average Bonchev–Trinajstić information content (AvgIpc) is 2.85. The van der Waals surface area contributed by atoms with E-state index in [4.69, 9.17) is 4.74 Å². The summed E-state index contributed by atoms with van der Waals surface area (Å²) < 4.78 is 5.76. The van der Waals surface area contributed by atoms with Crippen LogP contribution in [0, 0.1) is 0 Å². The molecule has 1 fully saturated rings. The lowest BCUT2D eigenvalue weighted by Gasteiger charge is -2.16. The quantitative estimate of drug-likeness (QED) is 0.622. The van der Waals surface area contributed by atoms with Gasteiger partial charge in [-0.05, 0) is 12.8 Å². The highest BCUT2D eigenvalue weighted by Crippen LogP contribution is 2.20. The summed E-state index contributed by atoms with van der Waals surface area (Å²) in [5.74, 6) is 1.02. The van der Waals surface area contributed by atoms with E-state index in [0.717, 1.165) is 32.2 Å². The van der Waals surface area contributed by atoms with Crippen LogP contribution in [0.1, 0.15) is 25.7 Å². The Labute approximate surface area is 115 Å². The third kappa shape index (κ3) is 4.08. The Morgan fingerprint density at radius 3 is 2.81 bits per heavy atom. The number of hydrogen-bond acceptors (Lipinski definition) is 4. The highest BCUT2D eigenvalue weighted by Gasteiger charge is 2.15. The first-order valence-electron chi connectivity index (χ1n) is 5.97. The molecule has 0 atom stereocenters. The number of nitrogens with one attached hydrogen (secondary N) is 1. The van der Waals surface area contributed by atoms with Crippen molar-refractivity contribution in [3.8, 4) is 0 Å². The van der Waals surface area contributed by atoms with Crippen LogP contribution in [0.15, 0.2) is 4.99 Å². The number of rotatable bonds is 4. The summed E-state index contributed by atoms with van der Waals surface area (Å²) in [7, 11) is 2.07. The van der Waals surface area contributed by atoms with Gasteiger partial charge in [-0.1, -0.05) is 12.8 Å². The zero-order valence-corrected chi connectivity index (χ0v) is 12.3. The number of nitrogens with zero attached hydrogens (tertiary/aromatic N) is 2. The molecular formula is C11H22IN3O. The predicted molar refractivity (Wildman–Crippen MR) is 76.6 cm³/mol. The van der Waals surface area contributed by atoms with Gasteiger partial charge in [0, 0.05) is 20.1 Å². The summed E-state index contributed by atoms with van der Waals surface area (Å²) in [6.07, 6.45) is 5.71. The Balaban J connectivity index is 0.00000128. The number of aliphatic imine (C=N–C) groups is 1. The van der Waals surface area contributed by atoms with Crippen LogP contribution < -0.4 is 5.32 Å². The van der Waals surface area contributed by atoms with Crippen molar-refractivity contribution in [3.05, 3.63) is 0 Å². The minimum absolute atomic E-state index is 0. The average molecular weight is 339 g/mol. The molecule has 16 heavy (non-hydrogen) atoms. The minimum atomic E-state index is 0. The normalized spacial score (nSPS) is 20.8. The Hall–Kier alpha value is -0.0400. The summed E-state index contributed by atoms with van der Waals surface area (Å²) in [5, 5.41) is 3.31. The van der Waals surface area contributed by atoms with Crippen LogP contribution in [0.25, 0.3) is 0 Å². The van der Waals surface area contributed by atoms with Gasteiger partial charge in [0.2, 0.25) is 0 Å². The van der Waals surface area contributed by atoms with Gasteiger partial charge >= 0.3 is 0 Å². The van der Waals surface area contributed by atoms with Gasteiger partial charge in [0.25, 0.3) is 0 Å². The van der Waals surface area contributed by atoms with Crippen molar-refractivity contribution in [2.75, 3.05) is 33.3 Å². The van der Waals surface area contributed by atoms with Gasteiger partial charge in [0.05, 0.1) is 19.3 Å². The third-order valence-electron chi connectivity index (χ3n) is 3.10. The van der Waals surface area contributed by atoms with E-state index in [-0.39, 0.29) is 24.0 Å². The zero-order valence-electron chi connectivity index (χ0n) is 9.95. The van der Waals surface area contributed by atoms with E-state index >= 15 is 0 Å². The molecule has 1 N–H and O–H groups in total. The van der Waals surface area contributed by atoms with E-state index in [2.05, 4.69) is 22.3 Å². The summed E-state index contributed by atoms with van der Waals surface area (Å²) >= 11 is 0. The van der Waals surface area contributed by atoms with Crippen molar-refractivity contribution < 1.29 is 4.74 Å². The summed E-state index contributed by atoms with van der Waals surface area (Å²) in [4.78, 5) is 6.51. The number of halogens is 1. The van der Waals surface area contributed by atoms with Crippen LogP contribution in [0.5, 0.6) is 0 Å². The highest BCUT2D eigenvalue weighted by molar-refractivity contribution is 14.0. The monoisotopic (exact) mass is 339 g/mol. The van der Waals surface area contributed by atoms with Gasteiger partial charge in [0.15, 0.2) is 5.96 Å². The molecule has 1 aliphatic heterocycles. The van der Waals surface area contributed by atoms with Gasteiger partial charge in [-0.25, -0.2) is 0 Å². The predicted octanol–water partition coefficient (Wildman–Crippen LogP) is 1.45. The smallest absolute Gasteiger partial charge is 0.193 e. The molecule has 2 rings (SSSR count). The van der Waals surface area contributed by atoms with E-state index in [1.165, 1.54) is 25.7 Å². The second-order valence-electron chi connectivity index (χ2n) is 4.33. The van der Waals surface area contributed by atoms with E-state index in [9.17, 15) is 0 Å². The highest BCUT2D eigenvalue weighted by atomic mass is 127. The van der Waals surface area contributed by atoms with E-state index in [1.54, 1.807) is 0 Å². The molecule has 1 heterocycles. The Morgan fingerprint density at radius 2 is 2.19 bits per heavy atom. The fourth-order valence-corrected chi connectivity index (χ4v) is 2.17. The maximum Gasteiger partial charge on any atom is 0.193 e. The first-order valence-corrected chi connectivity index (χ1v) is 5.97. The van der Waals surface area contributed by atoms with Crippen LogP contribution in [0.2, 0.25) is 0 Å². The van der Waals surface area contributed by atoms with Crippen molar-refractivity contribution >= 4 is 29.9 Å². The molecule has 0 amide bonds. The number of likely N-dealkylation sites (N-methyl/N-ethyl adjacent to an activating group) is 1. The van der Waals surface area contributed by atoms with Crippen molar-refractivity contribution in [1.82, 2.24) is 10.2 Å². The second kappa shape index (κ2) is 7.32. The summed E-state index contributed by atoms with van der Waals surface area (Å²) in [5.41, 5.74) is 0. The molecule has 94 valence electrons. The lowest BCUT2D eigenvalue weighted by atomic mass is 10.3. The Kier molecular flexibility index (Phi) is 6.41. The SMILES string of the molecule is CN1CCN=C1NCCOC1CCCC1.I. The molecule has 4 nitrogen and oxygen atoms in total. The molecule has 0 aromatic heterocycles. The van der Waals surface area contributed by atoms with Gasteiger partial charge in [-0.15, -0.1) is 24.0 Å². The fraction of sp³-hybridized carbons (Fsp3) is 0.909. The van der Waals surface area contributed by atoms with Crippen molar-refractivity contribution in [1.29, 1.82) is 0 Å². The maximum absolute atomic E-state index is 5.76. The van der Waals surface area contributed by atoms with Gasteiger partial charge in [0.1, 0.15) is 0 Å². The van der Waals surface area contributed by atoms with Crippen molar-refractivity contribution in [3.63, 3.8) is 0 Å². The van der Waals surface area contributed by atoms with Crippen LogP contribution in [0.4, 0.5) is 0 Å². The van der Waals surface area contributed by atoms with E-state index in [1.807, 2.05) is 0 Å². The number of guanidine groups is 1. The minimum Gasteiger partial charge on any atom is -0.376 e. The zero-order chi connectivity index (χ0) is 10.5. The molecule has 5 heteroatoms. The molecule has 0 aromatic carbocycles. The molecular weight excluding hydrogens is 317 g/mol. The van der Waals surface area contributed by atoms with Crippen LogP contribution in [-0.2, 0) is 4.74 Å². The fourth-order valence-electron chi connectivity index (χ4n) is 2.17. The first-order chi connectivity index (χ1) is 7.36. The molecule has 0 aromatic rings. The third-order valence-corrected chi connectivity index (χ3v) is 3.10. The molecule has 0 saturated heterocycles. The van der Waals surface area contributed by atoms with Gasteiger partial charge in [-0.3, -0.25) is 4.99 Å². The van der Waals surface area contributed by atoms with Gasteiger partial charge in [-0.2, -0.15) is 0 Å². The number of ether oxygens (including phenoxy) is 1.